The number of hydrogen-bond donors (Lipinski definition) is 2. The van der Waals surface area contributed by atoms with Crippen LogP contribution in [0.3, 0.4) is 0 Å². The van der Waals surface area contributed by atoms with E-state index in [4.69, 9.17) is 4.42 Å². The van der Waals surface area contributed by atoms with Crippen LogP contribution in [0.25, 0.3) is 0 Å². The molecule has 2 amide bonds. The quantitative estimate of drug-likeness (QED) is 0.502. The summed E-state index contributed by atoms with van der Waals surface area (Å²) in [4.78, 5) is 24.6. The highest BCUT2D eigenvalue weighted by Gasteiger charge is 2.18. The van der Waals surface area contributed by atoms with Crippen LogP contribution in [0, 0.1) is 10.5 Å². The minimum atomic E-state index is -0.389. The number of carbonyl (C=O) groups excluding carboxylic acids is 2. The smallest absolute Gasteiger partial charge is 0.274 e. The zero-order chi connectivity index (χ0) is 19.4. The largest absolute Gasteiger partial charge is 0.467 e. The van der Waals surface area contributed by atoms with E-state index in [0.29, 0.717) is 18.0 Å². The van der Waals surface area contributed by atoms with Crippen LogP contribution in [0.15, 0.2) is 35.2 Å². The molecule has 2 N–H and O–H groups in total. The van der Waals surface area contributed by atoms with Gasteiger partial charge in [-0.15, -0.1) is 0 Å². The van der Waals surface area contributed by atoms with E-state index in [1.54, 1.807) is 30.1 Å². The second kappa shape index (κ2) is 8.37. The van der Waals surface area contributed by atoms with Gasteiger partial charge in [-0.2, -0.15) is 10.2 Å². The molecule has 3 aromatic heterocycles. The Morgan fingerprint density at radius 3 is 2.78 bits per heavy atom. The van der Waals surface area contributed by atoms with Crippen molar-refractivity contribution < 1.29 is 14.0 Å². The van der Waals surface area contributed by atoms with Crippen LogP contribution in [-0.4, -0.2) is 31.4 Å². The third-order valence-corrected chi connectivity index (χ3v) is 4.83. The summed E-state index contributed by atoms with van der Waals surface area (Å²) in [6, 6.07) is 3.51. The summed E-state index contributed by atoms with van der Waals surface area (Å²) >= 11 is 2.20. The van der Waals surface area contributed by atoms with Crippen molar-refractivity contribution in [1.82, 2.24) is 24.9 Å². The maximum absolute atomic E-state index is 12.4. The molecule has 142 valence electrons. The van der Waals surface area contributed by atoms with Crippen molar-refractivity contribution in [3.05, 3.63) is 51.5 Å². The fraction of sp³-hybridized carbons (Fsp3) is 0.294. The van der Waals surface area contributed by atoms with Gasteiger partial charge >= 0.3 is 0 Å². The summed E-state index contributed by atoms with van der Waals surface area (Å²) in [6.07, 6.45) is 5.26. The zero-order valence-electron chi connectivity index (χ0n) is 14.9. The molecule has 0 aliphatic rings. The third-order valence-electron chi connectivity index (χ3n) is 3.78. The zero-order valence-corrected chi connectivity index (χ0v) is 17.1. The molecule has 0 aliphatic heterocycles. The summed E-state index contributed by atoms with van der Waals surface area (Å²) < 4.78 is 9.45. The molecule has 0 saturated heterocycles. The number of furan rings is 1. The molecule has 3 aromatic rings. The van der Waals surface area contributed by atoms with Crippen LogP contribution in [0.1, 0.15) is 28.4 Å². The summed E-state index contributed by atoms with van der Waals surface area (Å²) in [5, 5.41) is 13.9. The highest BCUT2D eigenvalue weighted by molar-refractivity contribution is 14.1. The molecule has 0 atom stereocenters. The molecule has 3 heterocycles. The topological polar surface area (TPSA) is 107 Å². The Labute approximate surface area is 169 Å². The van der Waals surface area contributed by atoms with E-state index < -0.39 is 0 Å². The predicted molar refractivity (Wildman–Crippen MR) is 106 cm³/mol. The van der Waals surface area contributed by atoms with Crippen LogP contribution >= 0.6 is 22.6 Å². The molecular weight excluding hydrogens is 463 g/mol. The Bertz CT molecular complexity index is 925. The number of hydrogen-bond acceptors (Lipinski definition) is 5. The molecule has 0 spiro atoms. The Morgan fingerprint density at radius 1 is 1.30 bits per heavy atom. The van der Waals surface area contributed by atoms with Crippen molar-refractivity contribution >= 4 is 40.1 Å². The number of aromatic nitrogens is 4. The SMILES string of the molecule is Cc1nn(CCC(=O)Nc2cn(C)nc2C(=O)NCc2ccco2)cc1I. The van der Waals surface area contributed by atoms with Gasteiger partial charge in [0.2, 0.25) is 5.91 Å². The van der Waals surface area contributed by atoms with Gasteiger partial charge in [-0.25, -0.2) is 0 Å². The van der Waals surface area contributed by atoms with Gasteiger partial charge < -0.3 is 15.1 Å². The van der Waals surface area contributed by atoms with Crippen LogP contribution in [0.5, 0.6) is 0 Å². The van der Waals surface area contributed by atoms with Gasteiger partial charge in [0.05, 0.1) is 27.8 Å². The molecule has 10 heteroatoms. The fourth-order valence-corrected chi connectivity index (χ4v) is 2.88. The number of nitrogens with one attached hydrogen (secondary N) is 2. The van der Waals surface area contributed by atoms with Crippen LogP contribution in [0.2, 0.25) is 0 Å². The number of anilines is 1. The minimum absolute atomic E-state index is 0.155. The van der Waals surface area contributed by atoms with Gasteiger partial charge in [-0.05, 0) is 41.6 Å². The lowest BCUT2D eigenvalue weighted by atomic mass is 10.3. The van der Waals surface area contributed by atoms with Crippen molar-refractivity contribution in [3.8, 4) is 0 Å². The van der Waals surface area contributed by atoms with Crippen molar-refractivity contribution in [2.24, 2.45) is 7.05 Å². The van der Waals surface area contributed by atoms with Crippen LogP contribution in [-0.2, 0) is 24.9 Å². The predicted octanol–water partition coefficient (Wildman–Crippen LogP) is 2.08. The Balaban J connectivity index is 1.59. The van der Waals surface area contributed by atoms with Gasteiger partial charge in [-0.3, -0.25) is 19.0 Å². The van der Waals surface area contributed by atoms with Gasteiger partial charge in [0, 0.05) is 32.4 Å². The first-order chi connectivity index (χ1) is 12.9. The number of nitrogens with zero attached hydrogens (tertiary/aromatic N) is 4. The molecular formula is C17H19IN6O3. The monoisotopic (exact) mass is 482 g/mol. The molecule has 0 unspecified atom stereocenters. The molecule has 3 rings (SSSR count). The van der Waals surface area contributed by atoms with E-state index in [2.05, 4.69) is 43.4 Å². The number of carbonyl (C=O) groups is 2. The first-order valence-corrected chi connectivity index (χ1v) is 9.34. The van der Waals surface area contributed by atoms with E-state index in [0.717, 1.165) is 9.26 Å². The molecule has 0 saturated carbocycles. The lowest BCUT2D eigenvalue weighted by Gasteiger charge is -2.06. The van der Waals surface area contributed by atoms with Gasteiger partial charge in [0.15, 0.2) is 5.69 Å². The molecule has 0 fully saturated rings. The molecule has 0 radical (unpaired) electrons. The van der Waals surface area contributed by atoms with Crippen LogP contribution < -0.4 is 10.6 Å². The average Bonchev–Trinajstić information content (AvgIpc) is 3.33. The highest BCUT2D eigenvalue weighted by atomic mass is 127. The maximum Gasteiger partial charge on any atom is 0.274 e. The minimum Gasteiger partial charge on any atom is -0.467 e. The van der Waals surface area contributed by atoms with E-state index in [-0.39, 0.29) is 30.5 Å². The Morgan fingerprint density at radius 2 is 2.11 bits per heavy atom. The van der Waals surface area contributed by atoms with E-state index in [1.807, 2.05) is 13.1 Å². The second-order valence-electron chi connectivity index (χ2n) is 5.95. The highest BCUT2D eigenvalue weighted by Crippen LogP contribution is 2.14. The molecule has 9 nitrogen and oxygen atoms in total. The lowest BCUT2D eigenvalue weighted by molar-refractivity contribution is -0.116. The van der Waals surface area contributed by atoms with E-state index in [9.17, 15) is 9.59 Å². The maximum atomic E-state index is 12.4. The lowest BCUT2D eigenvalue weighted by Crippen LogP contribution is -2.25. The Hall–Kier alpha value is -2.63. The third kappa shape index (κ3) is 4.96. The number of amides is 2. The average molecular weight is 482 g/mol. The van der Waals surface area contributed by atoms with Gasteiger partial charge in [-0.1, -0.05) is 0 Å². The van der Waals surface area contributed by atoms with Gasteiger partial charge in [0.1, 0.15) is 5.76 Å². The number of rotatable bonds is 7. The van der Waals surface area contributed by atoms with Crippen molar-refractivity contribution in [2.75, 3.05) is 5.32 Å². The van der Waals surface area contributed by atoms with E-state index >= 15 is 0 Å². The molecule has 0 bridgehead atoms. The normalized spacial score (nSPS) is 10.8. The first-order valence-electron chi connectivity index (χ1n) is 8.26. The molecule has 0 aliphatic carbocycles. The van der Waals surface area contributed by atoms with Crippen LogP contribution in [0.4, 0.5) is 5.69 Å². The summed E-state index contributed by atoms with van der Waals surface area (Å²) in [6.45, 7) is 2.62. The summed E-state index contributed by atoms with van der Waals surface area (Å²) in [7, 11) is 1.69. The first kappa shape index (κ1) is 19.1. The standard InChI is InChI=1S/C17H19IN6O3/c1-11-13(18)9-24(21-11)6-5-15(25)20-14-10-23(2)22-16(14)17(26)19-8-12-4-3-7-27-12/h3-4,7,9-10H,5-6,8H2,1-2H3,(H,19,26)(H,20,25). The van der Waals surface area contributed by atoms with Gasteiger partial charge in [0.25, 0.3) is 5.91 Å². The van der Waals surface area contributed by atoms with Crippen molar-refractivity contribution in [3.63, 3.8) is 0 Å². The number of halogens is 1. The molecule has 0 aromatic carbocycles. The van der Waals surface area contributed by atoms with Crippen molar-refractivity contribution in [2.45, 2.75) is 26.4 Å². The summed E-state index contributed by atoms with van der Waals surface area (Å²) in [5.41, 5.74) is 1.45. The number of aryl methyl sites for hydroxylation is 3. The van der Waals surface area contributed by atoms with Crippen molar-refractivity contribution in [1.29, 1.82) is 0 Å². The summed E-state index contributed by atoms with van der Waals surface area (Å²) in [5.74, 6) is 0.0276. The Kier molecular flexibility index (Phi) is 5.94. The fourth-order valence-electron chi connectivity index (χ4n) is 2.45. The van der Waals surface area contributed by atoms with E-state index in [1.165, 1.54) is 10.9 Å². The molecule has 27 heavy (non-hydrogen) atoms. The second-order valence-corrected chi connectivity index (χ2v) is 7.11.